The number of nitrogens with two attached hydrogens (primary N) is 1. The minimum Gasteiger partial charge on any atom is -0.497 e. The second kappa shape index (κ2) is 7.66. The molecule has 0 bridgehead atoms. The minimum atomic E-state index is 0.321. The van der Waals surface area contributed by atoms with E-state index in [0.717, 1.165) is 44.9 Å². The van der Waals surface area contributed by atoms with Crippen LogP contribution in [0.3, 0.4) is 0 Å². The molecule has 0 radical (unpaired) electrons. The van der Waals surface area contributed by atoms with Crippen LogP contribution >= 0.6 is 0 Å². The Balaban J connectivity index is 1.80. The molecule has 0 spiro atoms. The van der Waals surface area contributed by atoms with E-state index in [1.807, 2.05) is 6.07 Å². The van der Waals surface area contributed by atoms with Crippen molar-refractivity contribution < 1.29 is 4.74 Å². The molecule has 0 saturated carbocycles. The van der Waals surface area contributed by atoms with Crippen molar-refractivity contribution >= 4 is 5.69 Å². The molecule has 21 heavy (non-hydrogen) atoms. The van der Waals surface area contributed by atoms with E-state index >= 15 is 0 Å². The fourth-order valence-electron chi connectivity index (χ4n) is 2.70. The number of hydrogen-bond acceptors (Lipinski definition) is 4. The van der Waals surface area contributed by atoms with E-state index in [1.165, 1.54) is 5.69 Å². The maximum absolute atomic E-state index is 6.13. The highest BCUT2D eigenvalue weighted by Crippen LogP contribution is 2.22. The summed E-state index contributed by atoms with van der Waals surface area (Å²) in [6.45, 7) is 9.89. The Morgan fingerprint density at radius 3 is 2.52 bits per heavy atom. The fourth-order valence-corrected chi connectivity index (χ4v) is 2.70. The Morgan fingerprint density at radius 1 is 1.19 bits per heavy atom. The Hall–Kier alpha value is -1.26. The molecular formula is C17H29N3O. The molecule has 4 heteroatoms. The average molecular weight is 291 g/mol. The molecule has 2 rings (SSSR count). The van der Waals surface area contributed by atoms with E-state index in [0.29, 0.717) is 12.0 Å². The van der Waals surface area contributed by atoms with Crippen LogP contribution in [0, 0.1) is 5.92 Å². The molecule has 0 aromatic heterocycles. The van der Waals surface area contributed by atoms with Gasteiger partial charge in [-0.2, -0.15) is 0 Å². The molecule has 2 N–H and O–H groups in total. The SMILES string of the molecule is COc1cccc(N2CCN(CCC(N)C(C)C)CC2)c1. The molecule has 1 heterocycles. The lowest BCUT2D eigenvalue weighted by atomic mass is 10.0. The van der Waals surface area contributed by atoms with Gasteiger partial charge in [0.25, 0.3) is 0 Å². The quantitative estimate of drug-likeness (QED) is 0.872. The molecule has 1 fully saturated rings. The van der Waals surface area contributed by atoms with Crippen LogP contribution in [-0.4, -0.2) is 50.8 Å². The van der Waals surface area contributed by atoms with Gasteiger partial charge in [0.15, 0.2) is 0 Å². The van der Waals surface area contributed by atoms with Crippen molar-refractivity contribution in [3.8, 4) is 5.75 Å². The smallest absolute Gasteiger partial charge is 0.120 e. The van der Waals surface area contributed by atoms with Crippen molar-refractivity contribution in [2.45, 2.75) is 26.3 Å². The molecule has 1 aliphatic heterocycles. The number of nitrogens with zero attached hydrogens (tertiary/aromatic N) is 2. The first-order valence-corrected chi connectivity index (χ1v) is 7.97. The summed E-state index contributed by atoms with van der Waals surface area (Å²) < 4.78 is 5.30. The van der Waals surface area contributed by atoms with Gasteiger partial charge in [0.05, 0.1) is 7.11 Å². The number of rotatable bonds is 6. The summed E-state index contributed by atoms with van der Waals surface area (Å²) in [5, 5.41) is 0. The summed E-state index contributed by atoms with van der Waals surface area (Å²) >= 11 is 0. The number of hydrogen-bond donors (Lipinski definition) is 1. The van der Waals surface area contributed by atoms with Gasteiger partial charge in [-0.1, -0.05) is 19.9 Å². The summed E-state index contributed by atoms with van der Waals surface area (Å²) in [7, 11) is 1.72. The summed E-state index contributed by atoms with van der Waals surface area (Å²) in [4.78, 5) is 4.96. The molecule has 0 amide bonds. The van der Waals surface area contributed by atoms with Crippen LogP contribution < -0.4 is 15.4 Å². The lowest BCUT2D eigenvalue weighted by molar-refractivity contribution is 0.241. The second-order valence-corrected chi connectivity index (χ2v) is 6.23. The zero-order valence-corrected chi connectivity index (χ0v) is 13.6. The molecule has 1 atom stereocenters. The van der Waals surface area contributed by atoms with Crippen LogP contribution in [0.5, 0.6) is 5.75 Å². The highest BCUT2D eigenvalue weighted by atomic mass is 16.5. The second-order valence-electron chi connectivity index (χ2n) is 6.23. The summed E-state index contributed by atoms with van der Waals surface area (Å²) in [6.07, 6.45) is 1.09. The molecule has 0 aliphatic carbocycles. The van der Waals surface area contributed by atoms with E-state index in [9.17, 15) is 0 Å². The zero-order chi connectivity index (χ0) is 15.2. The predicted molar refractivity (Wildman–Crippen MR) is 89.1 cm³/mol. The maximum atomic E-state index is 6.13. The van der Waals surface area contributed by atoms with E-state index in [-0.39, 0.29) is 0 Å². The standard InChI is InChI=1S/C17H29N3O/c1-14(2)17(18)7-8-19-9-11-20(12-10-19)15-5-4-6-16(13-15)21-3/h4-6,13-14,17H,7-12,18H2,1-3H3. The Bertz CT molecular complexity index is 428. The Morgan fingerprint density at radius 2 is 1.90 bits per heavy atom. The van der Waals surface area contributed by atoms with Crippen molar-refractivity contribution in [3.63, 3.8) is 0 Å². The van der Waals surface area contributed by atoms with Crippen LogP contribution in [-0.2, 0) is 0 Å². The lowest BCUT2D eigenvalue weighted by Crippen LogP contribution is -2.47. The van der Waals surface area contributed by atoms with Gasteiger partial charge in [0.1, 0.15) is 5.75 Å². The third kappa shape index (κ3) is 4.61. The summed E-state index contributed by atoms with van der Waals surface area (Å²) in [5.41, 5.74) is 7.39. The number of piperazine rings is 1. The van der Waals surface area contributed by atoms with Crippen molar-refractivity contribution in [1.82, 2.24) is 4.90 Å². The van der Waals surface area contributed by atoms with Crippen LogP contribution in [0.2, 0.25) is 0 Å². The highest BCUT2D eigenvalue weighted by Gasteiger charge is 2.18. The van der Waals surface area contributed by atoms with Crippen molar-refractivity contribution in [2.24, 2.45) is 11.7 Å². The van der Waals surface area contributed by atoms with E-state index in [2.05, 4.69) is 41.8 Å². The molecule has 118 valence electrons. The third-order valence-corrected chi connectivity index (χ3v) is 4.43. The zero-order valence-electron chi connectivity index (χ0n) is 13.6. The highest BCUT2D eigenvalue weighted by molar-refractivity contribution is 5.51. The average Bonchev–Trinajstić information content (AvgIpc) is 2.53. The van der Waals surface area contributed by atoms with Gasteiger partial charge in [-0.3, -0.25) is 4.90 Å². The summed E-state index contributed by atoms with van der Waals surface area (Å²) in [5.74, 6) is 1.50. The lowest BCUT2D eigenvalue weighted by Gasteiger charge is -2.36. The first-order chi connectivity index (χ1) is 10.1. The van der Waals surface area contributed by atoms with E-state index < -0.39 is 0 Å². The monoisotopic (exact) mass is 291 g/mol. The third-order valence-electron chi connectivity index (χ3n) is 4.43. The van der Waals surface area contributed by atoms with E-state index in [1.54, 1.807) is 7.11 Å². The number of anilines is 1. The Kier molecular flexibility index (Phi) is 5.88. The van der Waals surface area contributed by atoms with Gasteiger partial charge in [-0.05, 0) is 31.0 Å². The van der Waals surface area contributed by atoms with Crippen LogP contribution in [0.15, 0.2) is 24.3 Å². The first-order valence-electron chi connectivity index (χ1n) is 7.97. The summed E-state index contributed by atoms with van der Waals surface area (Å²) in [6, 6.07) is 8.65. The topological polar surface area (TPSA) is 41.7 Å². The maximum Gasteiger partial charge on any atom is 0.120 e. The van der Waals surface area contributed by atoms with Gasteiger partial charge < -0.3 is 15.4 Å². The first kappa shape index (κ1) is 16.1. The normalized spacial score (nSPS) is 18.0. The molecule has 1 aromatic carbocycles. The van der Waals surface area contributed by atoms with Gasteiger partial charge >= 0.3 is 0 Å². The molecule has 1 saturated heterocycles. The van der Waals surface area contributed by atoms with Gasteiger partial charge in [0.2, 0.25) is 0 Å². The van der Waals surface area contributed by atoms with Gasteiger partial charge in [-0.15, -0.1) is 0 Å². The van der Waals surface area contributed by atoms with Gasteiger partial charge in [-0.25, -0.2) is 0 Å². The molecule has 4 nitrogen and oxygen atoms in total. The van der Waals surface area contributed by atoms with E-state index in [4.69, 9.17) is 10.5 Å². The molecule has 1 unspecified atom stereocenters. The Labute approximate surface area is 128 Å². The number of benzene rings is 1. The van der Waals surface area contributed by atoms with Crippen LogP contribution in [0.25, 0.3) is 0 Å². The number of methoxy groups -OCH3 is 1. The predicted octanol–water partition coefficient (Wildman–Crippen LogP) is 2.19. The minimum absolute atomic E-state index is 0.321. The van der Waals surface area contributed by atoms with Crippen molar-refractivity contribution in [2.75, 3.05) is 44.7 Å². The van der Waals surface area contributed by atoms with Crippen molar-refractivity contribution in [1.29, 1.82) is 0 Å². The van der Waals surface area contributed by atoms with Crippen molar-refractivity contribution in [3.05, 3.63) is 24.3 Å². The van der Waals surface area contributed by atoms with Crippen LogP contribution in [0.1, 0.15) is 20.3 Å². The molecule has 1 aromatic rings. The van der Waals surface area contributed by atoms with Crippen LogP contribution in [0.4, 0.5) is 5.69 Å². The molecular weight excluding hydrogens is 262 g/mol. The molecule has 1 aliphatic rings. The largest absolute Gasteiger partial charge is 0.497 e. The van der Waals surface area contributed by atoms with Gasteiger partial charge in [0, 0.05) is 44.0 Å². The fraction of sp³-hybridized carbons (Fsp3) is 0.647. The number of ether oxygens (including phenoxy) is 1.